The van der Waals surface area contributed by atoms with Crippen molar-refractivity contribution in [2.75, 3.05) is 5.75 Å². The lowest BCUT2D eigenvalue weighted by atomic mass is 10.0. The monoisotopic (exact) mass is 321 g/mol. The largest absolute Gasteiger partial charge is 0.345 e. The first-order valence-corrected chi connectivity index (χ1v) is 7.98. The highest BCUT2D eigenvalue weighted by Crippen LogP contribution is 2.37. The van der Waals surface area contributed by atoms with Gasteiger partial charge in [0, 0.05) is 21.2 Å². The van der Waals surface area contributed by atoms with Crippen LogP contribution in [0.2, 0.25) is 5.02 Å². The zero-order valence-corrected chi connectivity index (χ0v) is 12.7. The van der Waals surface area contributed by atoms with Crippen LogP contribution in [0.3, 0.4) is 0 Å². The lowest BCUT2D eigenvalue weighted by molar-refractivity contribution is 0.0934. The van der Waals surface area contributed by atoms with Crippen LogP contribution in [-0.4, -0.2) is 11.7 Å². The van der Waals surface area contributed by atoms with E-state index in [1.54, 1.807) is 17.8 Å². The van der Waals surface area contributed by atoms with Crippen LogP contribution in [-0.2, 0) is 0 Å². The molecule has 108 valence electrons. The summed E-state index contributed by atoms with van der Waals surface area (Å²) in [5.74, 6) is 0.255. The summed E-state index contributed by atoms with van der Waals surface area (Å²) in [5.41, 5.74) is 1.36. The Kier molecular flexibility index (Phi) is 4.17. The van der Waals surface area contributed by atoms with E-state index in [0.29, 0.717) is 10.6 Å². The van der Waals surface area contributed by atoms with E-state index < -0.39 is 5.82 Å². The maximum atomic E-state index is 13.2. The summed E-state index contributed by atoms with van der Waals surface area (Å²) in [4.78, 5) is 13.4. The summed E-state index contributed by atoms with van der Waals surface area (Å²) in [6, 6.07) is 11.3. The van der Waals surface area contributed by atoms with Gasteiger partial charge in [-0.15, -0.1) is 11.8 Å². The second-order valence-electron chi connectivity index (χ2n) is 4.86. The van der Waals surface area contributed by atoms with E-state index >= 15 is 0 Å². The normalized spacial score (nSPS) is 17.1. The highest BCUT2D eigenvalue weighted by molar-refractivity contribution is 7.99. The van der Waals surface area contributed by atoms with Gasteiger partial charge >= 0.3 is 0 Å². The van der Waals surface area contributed by atoms with Crippen LogP contribution in [0.25, 0.3) is 0 Å². The van der Waals surface area contributed by atoms with Crippen LogP contribution in [0.15, 0.2) is 47.4 Å². The molecule has 2 nitrogen and oxygen atoms in total. The van der Waals surface area contributed by atoms with Crippen molar-refractivity contribution in [3.8, 4) is 0 Å². The van der Waals surface area contributed by atoms with E-state index in [2.05, 4.69) is 5.32 Å². The molecule has 3 rings (SSSR count). The van der Waals surface area contributed by atoms with Crippen LogP contribution < -0.4 is 5.32 Å². The summed E-state index contributed by atoms with van der Waals surface area (Å²) < 4.78 is 13.2. The minimum Gasteiger partial charge on any atom is -0.345 e. The number of carbonyl (C=O) groups excluding carboxylic acids is 1. The molecule has 0 fully saturated rings. The predicted molar refractivity (Wildman–Crippen MR) is 83.4 cm³/mol. The topological polar surface area (TPSA) is 29.1 Å². The summed E-state index contributed by atoms with van der Waals surface area (Å²) in [6.07, 6.45) is 0.832. The van der Waals surface area contributed by atoms with Crippen LogP contribution in [0.1, 0.15) is 28.4 Å². The molecule has 21 heavy (non-hydrogen) atoms. The van der Waals surface area contributed by atoms with Gasteiger partial charge in [0.2, 0.25) is 0 Å². The fourth-order valence-corrected chi connectivity index (χ4v) is 3.67. The molecule has 0 saturated carbocycles. The first kappa shape index (κ1) is 14.4. The molecule has 0 saturated heterocycles. The molecule has 1 N–H and O–H groups in total. The van der Waals surface area contributed by atoms with E-state index in [-0.39, 0.29) is 11.9 Å². The first-order valence-electron chi connectivity index (χ1n) is 6.62. The van der Waals surface area contributed by atoms with Gasteiger partial charge in [0.25, 0.3) is 5.91 Å². The van der Waals surface area contributed by atoms with Crippen LogP contribution >= 0.6 is 23.4 Å². The Hall–Kier alpha value is -1.52. The van der Waals surface area contributed by atoms with Gasteiger partial charge in [-0.25, -0.2) is 4.39 Å². The van der Waals surface area contributed by atoms with Crippen molar-refractivity contribution < 1.29 is 9.18 Å². The molecule has 0 radical (unpaired) electrons. The number of rotatable bonds is 2. The van der Waals surface area contributed by atoms with Gasteiger partial charge in [-0.2, -0.15) is 0 Å². The van der Waals surface area contributed by atoms with Crippen molar-refractivity contribution in [2.45, 2.75) is 17.4 Å². The van der Waals surface area contributed by atoms with Crippen molar-refractivity contribution in [1.82, 2.24) is 5.32 Å². The minimum absolute atomic E-state index is 0.0873. The number of benzene rings is 2. The number of amides is 1. The fraction of sp³-hybridized carbons (Fsp3) is 0.188. The van der Waals surface area contributed by atoms with Gasteiger partial charge in [0.15, 0.2) is 0 Å². The minimum atomic E-state index is -0.412. The number of carbonyl (C=O) groups is 1. The SMILES string of the molecule is O=C(N[C@H]1CCSc2ccc(Cl)cc21)c1cccc(F)c1. The number of fused-ring (bicyclic) bond motifs is 1. The lowest BCUT2D eigenvalue weighted by Crippen LogP contribution is -2.30. The number of hydrogen-bond donors (Lipinski definition) is 1. The lowest BCUT2D eigenvalue weighted by Gasteiger charge is -2.26. The van der Waals surface area contributed by atoms with Gasteiger partial charge in [-0.3, -0.25) is 4.79 Å². The van der Waals surface area contributed by atoms with E-state index in [4.69, 9.17) is 11.6 Å². The van der Waals surface area contributed by atoms with E-state index in [1.807, 2.05) is 18.2 Å². The number of halogens is 2. The Labute approximate surface area is 131 Å². The van der Waals surface area contributed by atoms with Gasteiger partial charge in [-0.1, -0.05) is 17.7 Å². The van der Waals surface area contributed by atoms with E-state index in [0.717, 1.165) is 22.6 Å². The quantitative estimate of drug-likeness (QED) is 0.885. The van der Waals surface area contributed by atoms with E-state index in [1.165, 1.54) is 18.2 Å². The van der Waals surface area contributed by atoms with Crippen molar-refractivity contribution >= 4 is 29.3 Å². The third-order valence-electron chi connectivity index (χ3n) is 3.40. The van der Waals surface area contributed by atoms with Crippen molar-refractivity contribution in [3.63, 3.8) is 0 Å². The van der Waals surface area contributed by atoms with Crippen LogP contribution in [0.5, 0.6) is 0 Å². The maximum Gasteiger partial charge on any atom is 0.251 e. The molecule has 0 aliphatic carbocycles. The summed E-state index contributed by atoms with van der Waals surface area (Å²) in [6.45, 7) is 0. The Morgan fingerprint density at radius 1 is 1.29 bits per heavy atom. The van der Waals surface area contributed by atoms with Crippen LogP contribution in [0, 0.1) is 5.82 Å². The summed E-state index contributed by atoms with van der Waals surface area (Å²) in [7, 11) is 0. The zero-order chi connectivity index (χ0) is 14.8. The Morgan fingerprint density at radius 2 is 2.14 bits per heavy atom. The van der Waals surface area contributed by atoms with Crippen LogP contribution in [0.4, 0.5) is 4.39 Å². The standard InChI is InChI=1S/C16H13ClFNOS/c17-11-4-5-15-13(9-11)14(6-7-21-15)19-16(20)10-2-1-3-12(18)8-10/h1-5,8-9,14H,6-7H2,(H,19,20)/t14-/m0/s1. The predicted octanol–water partition coefficient (Wildman–Crippen LogP) is 4.45. The first-order chi connectivity index (χ1) is 10.1. The molecule has 1 aliphatic heterocycles. The third kappa shape index (κ3) is 3.22. The Balaban J connectivity index is 1.83. The Morgan fingerprint density at radius 3 is 2.95 bits per heavy atom. The molecular formula is C16H13ClFNOS. The highest BCUT2D eigenvalue weighted by atomic mass is 35.5. The summed E-state index contributed by atoms with van der Waals surface area (Å²) in [5, 5.41) is 3.62. The second kappa shape index (κ2) is 6.08. The molecular weight excluding hydrogens is 309 g/mol. The molecule has 0 unspecified atom stereocenters. The van der Waals surface area contributed by atoms with E-state index in [9.17, 15) is 9.18 Å². The summed E-state index contributed by atoms with van der Waals surface area (Å²) >= 11 is 7.80. The molecule has 0 bridgehead atoms. The zero-order valence-electron chi connectivity index (χ0n) is 11.1. The van der Waals surface area contributed by atoms with Gasteiger partial charge in [0.1, 0.15) is 5.82 Å². The average molecular weight is 322 g/mol. The fourth-order valence-electron chi connectivity index (χ4n) is 2.39. The third-order valence-corrected chi connectivity index (χ3v) is 4.76. The molecule has 1 amide bonds. The number of hydrogen-bond acceptors (Lipinski definition) is 2. The smallest absolute Gasteiger partial charge is 0.251 e. The maximum absolute atomic E-state index is 13.2. The van der Waals surface area contributed by atoms with Gasteiger partial charge in [-0.05, 0) is 48.4 Å². The van der Waals surface area contributed by atoms with Crippen molar-refractivity contribution in [1.29, 1.82) is 0 Å². The molecule has 2 aromatic rings. The van der Waals surface area contributed by atoms with Crippen molar-refractivity contribution in [2.24, 2.45) is 0 Å². The van der Waals surface area contributed by atoms with Gasteiger partial charge in [0.05, 0.1) is 6.04 Å². The molecule has 1 atom stereocenters. The molecule has 2 aromatic carbocycles. The highest BCUT2D eigenvalue weighted by Gasteiger charge is 2.23. The van der Waals surface area contributed by atoms with Gasteiger partial charge < -0.3 is 5.32 Å². The second-order valence-corrected chi connectivity index (χ2v) is 6.43. The Bertz CT molecular complexity index is 692. The average Bonchev–Trinajstić information content (AvgIpc) is 2.48. The van der Waals surface area contributed by atoms with Crippen molar-refractivity contribution in [3.05, 3.63) is 64.4 Å². The molecule has 1 heterocycles. The molecule has 5 heteroatoms. The molecule has 1 aliphatic rings. The number of nitrogens with one attached hydrogen (secondary N) is 1. The molecule has 0 spiro atoms. The molecule has 0 aromatic heterocycles. The number of thioether (sulfide) groups is 1.